The maximum Gasteiger partial charge on any atom is 0.401 e. The summed E-state index contributed by atoms with van der Waals surface area (Å²) < 4.78 is 34.8. The van der Waals surface area contributed by atoms with Crippen LogP contribution in [0.25, 0.3) is 0 Å². The van der Waals surface area contributed by atoms with Crippen LogP contribution in [-0.4, -0.2) is 17.7 Å². The molecule has 12 heavy (non-hydrogen) atoms. The van der Waals surface area contributed by atoms with Gasteiger partial charge >= 0.3 is 6.18 Å². The van der Waals surface area contributed by atoms with E-state index in [9.17, 15) is 13.2 Å². The predicted octanol–water partition coefficient (Wildman–Crippen LogP) is 1.79. The molecule has 0 aromatic carbocycles. The van der Waals surface area contributed by atoms with Crippen molar-refractivity contribution in [3.05, 3.63) is 16.6 Å². The fraction of sp³-hybridized carbons (Fsp3) is 0.500. The van der Waals surface area contributed by atoms with Gasteiger partial charge in [-0.2, -0.15) is 13.2 Å². The second-order valence-corrected chi connectivity index (χ2v) is 3.16. The fourth-order valence-corrected chi connectivity index (χ4v) is 1.22. The predicted molar refractivity (Wildman–Crippen MR) is 39.9 cm³/mol. The van der Waals surface area contributed by atoms with Crippen molar-refractivity contribution in [2.45, 2.75) is 12.7 Å². The van der Waals surface area contributed by atoms with E-state index in [2.05, 4.69) is 10.3 Å². The number of thiazole rings is 1. The second kappa shape index (κ2) is 3.86. The van der Waals surface area contributed by atoms with E-state index in [1.807, 2.05) is 0 Å². The van der Waals surface area contributed by atoms with Crippen LogP contribution in [0.15, 0.2) is 11.7 Å². The molecule has 0 amide bonds. The zero-order valence-electron chi connectivity index (χ0n) is 6.06. The molecule has 0 aliphatic carbocycles. The van der Waals surface area contributed by atoms with Crippen molar-refractivity contribution >= 4 is 11.3 Å². The van der Waals surface area contributed by atoms with Gasteiger partial charge in [0.1, 0.15) is 0 Å². The summed E-state index contributed by atoms with van der Waals surface area (Å²) in [6.45, 7) is -0.727. The smallest absolute Gasteiger partial charge is 0.304 e. The summed E-state index contributed by atoms with van der Waals surface area (Å²) in [5.41, 5.74) is 1.59. The van der Waals surface area contributed by atoms with Crippen molar-refractivity contribution in [1.29, 1.82) is 0 Å². The Morgan fingerprint density at radius 1 is 1.50 bits per heavy atom. The normalized spacial score (nSPS) is 11.9. The first kappa shape index (κ1) is 9.47. The van der Waals surface area contributed by atoms with Crippen LogP contribution in [0, 0.1) is 0 Å². The summed E-state index contributed by atoms with van der Waals surface area (Å²) in [5.74, 6) is 0. The molecular formula is C6H7F3N2S. The molecule has 68 valence electrons. The molecule has 1 heterocycles. The first-order chi connectivity index (χ1) is 5.58. The number of rotatable bonds is 3. The molecule has 0 bridgehead atoms. The molecular weight excluding hydrogens is 189 g/mol. The number of hydrogen-bond acceptors (Lipinski definition) is 3. The Morgan fingerprint density at radius 2 is 2.25 bits per heavy atom. The number of nitrogens with zero attached hydrogens (tertiary/aromatic N) is 1. The Balaban J connectivity index is 2.20. The van der Waals surface area contributed by atoms with Crippen LogP contribution in [0.2, 0.25) is 0 Å². The number of hydrogen-bond donors (Lipinski definition) is 1. The van der Waals surface area contributed by atoms with Crippen LogP contribution >= 0.6 is 11.3 Å². The third kappa shape index (κ3) is 3.68. The van der Waals surface area contributed by atoms with Crippen LogP contribution in [0.1, 0.15) is 4.88 Å². The summed E-state index contributed by atoms with van der Waals surface area (Å²) in [5, 5.41) is 2.27. The Bertz CT molecular complexity index is 219. The lowest BCUT2D eigenvalue weighted by molar-refractivity contribution is -0.125. The standard InChI is InChI=1S/C6H7F3N2S/c7-6(8,9)3-10-1-5-2-11-4-12-5/h2,4,10H,1,3H2. The Kier molecular flexibility index (Phi) is 3.05. The maximum atomic E-state index is 11.6. The van der Waals surface area contributed by atoms with E-state index in [-0.39, 0.29) is 6.54 Å². The summed E-state index contributed by atoms with van der Waals surface area (Å²) in [6, 6.07) is 0. The van der Waals surface area contributed by atoms with Gasteiger partial charge < -0.3 is 5.32 Å². The van der Waals surface area contributed by atoms with Crippen LogP contribution < -0.4 is 5.32 Å². The summed E-state index contributed by atoms with van der Waals surface area (Å²) in [4.78, 5) is 4.54. The lowest BCUT2D eigenvalue weighted by Crippen LogP contribution is -2.27. The zero-order valence-corrected chi connectivity index (χ0v) is 6.87. The minimum atomic E-state index is -4.13. The van der Waals surface area contributed by atoms with Gasteiger partial charge in [0.15, 0.2) is 0 Å². The summed E-state index contributed by atoms with van der Waals surface area (Å²) >= 11 is 1.33. The number of alkyl halides is 3. The highest BCUT2D eigenvalue weighted by molar-refractivity contribution is 7.09. The lowest BCUT2D eigenvalue weighted by atomic mass is 10.5. The number of aromatic nitrogens is 1. The van der Waals surface area contributed by atoms with Gasteiger partial charge in [-0.15, -0.1) is 11.3 Å². The highest BCUT2D eigenvalue weighted by Crippen LogP contribution is 2.13. The van der Waals surface area contributed by atoms with Crippen molar-refractivity contribution in [2.75, 3.05) is 6.54 Å². The quantitative estimate of drug-likeness (QED) is 0.797. The van der Waals surface area contributed by atoms with E-state index in [1.165, 1.54) is 11.3 Å². The highest BCUT2D eigenvalue weighted by atomic mass is 32.1. The topological polar surface area (TPSA) is 24.9 Å². The van der Waals surface area contributed by atoms with E-state index in [1.54, 1.807) is 11.7 Å². The molecule has 0 spiro atoms. The van der Waals surface area contributed by atoms with Crippen molar-refractivity contribution < 1.29 is 13.2 Å². The maximum absolute atomic E-state index is 11.6. The molecule has 0 aliphatic heterocycles. The monoisotopic (exact) mass is 196 g/mol. The third-order valence-electron chi connectivity index (χ3n) is 1.11. The third-order valence-corrected chi connectivity index (χ3v) is 1.89. The molecule has 0 saturated heterocycles. The van der Waals surface area contributed by atoms with E-state index in [0.717, 1.165) is 4.88 Å². The fourth-order valence-electron chi connectivity index (χ4n) is 0.657. The van der Waals surface area contributed by atoms with Gasteiger partial charge in [0, 0.05) is 17.6 Å². The molecule has 6 heteroatoms. The second-order valence-electron chi connectivity index (χ2n) is 2.19. The first-order valence-electron chi connectivity index (χ1n) is 3.23. The average Bonchev–Trinajstić information content (AvgIpc) is 2.36. The Hall–Kier alpha value is -0.620. The molecule has 1 aromatic rings. The van der Waals surface area contributed by atoms with Crippen LogP contribution in [0.4, 0.5) is 13.2 Å². The molecule has 0 saturated carbocycles. The number of halogens is 3. The summed E-state index contributed by atoms with van der Waals surface area (Å²) in [6.07, 6.45) is -2.58. The van der Waals surface area contributed by atoms with Gasteiger partial charge in [0.25, 0.3) is 0 Å². The van der Waals surface area contributed by atoms with Crippen molar-refractivity contribution in [2.24, 2.45) is 0 Å². The van der Waals surface area contributed by atoms with Gasteiger partial charge in [0.2, 0.25) is 0 Å². The van der Waals surface area contributed by atoms with E-state index in [0.29, 0.717) is 0 Å². The Labute approximate surface area is 71.4 Å². The molecule has 1 N–H and O–H groups in total. The molecule has 0 aliphatic rings. The molecule has 1 aromatic heterocycles. The zero-order chi connectivity index (χ0) is 9.03. The van der Waals surface area contributed by atoms with E-state index >= 15 is 0 Å². The van der Waals surface area contributed by atoms with Crippen molar-refractivity contribution in [1.82, 2.24) is 10.3 Å². The van der Waals surface area contributed by atoms with Crippen LogP contribution in [-0.2, 0) is 6.54 Å². The van der Waals surface area contributed by atoms with E-state index < -0.39 is 12.7 Å². The van der Waals surface area contributed by atoms with Crippen LogP contribution in [0.3, 0.4) is 0 Å². The van der Waals surface area contributed by atoms with Gasteiger partial charge in [0.05, 0.1) is 12.1 Å². The largest absolute Gasteiger partial charge is 0.401 e. The highest BCUT2D eigenvalue weighted by Gasteiger charge is 2.25. The SMILES string of the molecule is FC(F)(F)CNCc1cncs1. The van der Waals surface area contributed by atoms with Gasteiger partial charge in [-0.25, -0.2) is 0 Å². The molecule has 0 radical (unpaired) electrons. The molecule has 0 unspecified atom stereocenters. The average molecular weight is 196 g/mol. The molecule has 2 nitrogen and oxygen atoms in total. The first-order valence-corrected chi connectivity index (χ1v) is 4.11. The van der Waals surface area contributed by atoms with Gasteiger partial charge in [-0.05, 0) is 0 Å². The molecule has 0 fully saturated rings. The lowest BCUT2D eigenvalue weighted by Gasteiger charge is -2.05. The van der Waals surface area contributed by atoms with Gasteiger partial charge in [-0.3, -0.25) is 4.98 Å². The van der Waals surface area contributed by atoms with Crippen LogP contribution in [0.5, 0.6) is 0 Å². The van der Waals surface area contributed by atoms with Crippen molar-refractivity contribution in [3.8, 4) is 0 Å². The Morgan fingerprint density at radius 3 is 2.75 bits per heavy atom. The van der Waals surface area contributed by atoms with Gasteiger partial charge in [-0.1, -0.05) is 0 Å². The summed E-state index contributed by atoms with van der Waals surface area (Å²) in [7, 11) is 0. The minimum absolute atomic E-state index is 0.226. The molecule has 1 rings (SSSR count). The van der Waals surface area contributed by atoms with E-state index in [4.69, 9.17) is 0 Å². The van der Waals surface area contributed by atoms with Crippen molar-refractivity contribution in [3.63, 3.8) is 0 Å². The minimum Gasteiger partial charge on any atom is -0.304 e. The molecule has 0 atom stereocenters. The number of nitrogens with one attached hydrogen (secondary N) is 1.